The number of carbonyl (C=O) groups is 1. The number of nitrogens with zero attached hydrogens (tertiary/aromatic N) is 1. The lowest BCUT2D eigenvalue weighted by atomic mass is 10.0. The molecular weight excluding hydrogens is 426 g/mol. The van der Waals surface area contributed by atoms with Crippen molar-refractivity contribution in [2.45, 2.75) is 33.3 Å². The van der Waals surface area contributed by atoms with Crippen LogP contribution in [0.5, 0.6) is 5.75 Å². The maximum atomic E-state index is 10.9. The molecule has 0 amide bonds. The molecule has 0 aliphatic carbocycles. The van der Waals surface area contributed by atoms with E-state index in [-0.39, 0.29) is 6.42 Å². The number of hydrogen-bond acceptors (Lipinski definition) is 5. The zero-order valence-corrected chi connectivity index (χ0v) is 19.1. The van der Waals surface area contributed by atoms with Gasteiger partial charge in [0.05, 0.1) is 17.0 Å². The van der Waals surface area contributed by atoms with Gasteiger partial charge < -0.3 is 9.84 Å². The predicted molar refractivity (Wildman–Crippen MR) is 127 cm³/mol. The number of benzene rings is 2. The van der Waals surface area contributed by atoms with Gasteiger partial charge in [0.2, 0.25) is 0 Å². The van der Waals surface area contributed by atoms with Crippen LogP contribution in [-0.4, -0.2) is 16.1 Å². The first-order chi connectivity index (χ1) is 15.0. The molecule has 0 fully saturated rings. The quantitative estimate of drug-likeness (QED) is 0.323. The van der Waals surface area contributed by atoms with Crippen molar-refractivity contribution in [3.8, 4) is 27.4 Å². The highest BCUT2D eigenvalue weighted by atomic mass is 32.1. The summed E-state index contributed by atoms with van der Waals surface area (Å²) >= 11 is 3.27. The SMILES string of the molecule is Cc1ccc(-c2nc(C)c(COc3ccc(-c4ccsc4CCC(=O)O)cc3)s2)cc1. The summed E-state index contributed by atoms with van der Waals surface area (Å²) < 4.78 is 6.02. The molecule has 0 bridgehead atoms. The molecule has 1 N–H and O–H groups in total. The lowest BCUT2D eigenvalue weighted by Gasteiger charge is -2.07. The molecule has 0 atom stereocenters. The van der Waals surface area contributed by atoms with Crippen LogP contribution in [0, 0.1) is 13.8 Å². The second-order valence-corrected chi connectivity index (χ2v) is 9.44. The highest BCUT2D eigenvalue weighted by Crippen LogP contribution is 2.32. The lowest BCUT2D eigenvalue weighted by Crippen LogP contribution is -1.97. The van der Waals surface area contributed by atoms with Crippen LogP contribution in [0.2, 0.25) is 0 Å². The largest absolute Gasteiger partial charge is 0.488 e. The average Bonchev–Trinajstić information content (AvgIpc) is 3.38. The van der Waals surface area contributed by atoms with Gasteiger partial charge in [0, 0.05) is 10.4 Å². The average molecular weight is 450 g/mol. The van der Waals surface area contributed by atoms with Gasteiger partial charge in [-0.25, -0.2) is 4.98 Å². The van der Waals surface area contributed by atoms with Crippen molar-refractivity contribution < 1.29 is 14.6 Å². The van der Waals surface area contributed by atoms with E-state index in [0.29, 0.717) is 13.0 Å². The molecule has 0 saturated heterocycles. The Morgan fingerprint density at radius 3 is 2.39 bits per heavy atom. The fraction of sp³-hybridized carbons (Fsp3) is 0.200. The van der Waals surface area contributed by atoms with E-state index in [4.69, 9.17) is 14.8 Å². The number of thiophene rings is 1. The van der Waals surface area contributed by atoms with Crippen molar-refractivity contribution in [1.82, 2.24) is 4.98 Å². The first-order valence-corrected chi connectivity index (χ1v) is 11.7. The van der Waals surface area contributed by atoms with E-state index in [9.17, 15) is 4.79 Å². The maximum absolute atomic E-state index is 10.9. The summed E-state index contributed by atoms with van der Waals surface area (Å²) in [6.45, 7) is 4.58. The Morgan fingerprint density at radius 2 is 1.68 bits per heavy atom. The Balaban J connectivity index is 1.42. The zero-order chi connectivity index (χ0) is 21.8. The molecule has 2 aromatic carbocycles. The van der Waals surface area contributed by atoms with E-state index in [1.807, 2.05) is 42.6 Å². The minimum atomic E-state index is -0.771. The number of aliphatic carboxylic acids is 1. The van der Waals surface area contributed by atoms with Gasteiger partial charge in [0.1, 0.15) is 17.4 Å². The Hall–Kier alpha value is -2.96. The topological polar surface area (TPSA) is 59.4 Å². The smallest absolute Gasteiger partial charge is 0.303 e. The highest BCUT2D eigenvalue weighted by Gasteiger charge is 2.11. The number of thiazole rings is 1. The number of rotatable bonds is 8. The highest BCUT2D eigenvalue weighted by molar-refractivity contribution is 7.15. The molecule has 4 aromatic rings. The van der Waals surface area contributed by atoms with Gasteiger partial charge in [-0.15, -0.1) is 22.7 Å². The van der Waals surface area contributed by atoms with Crippen molar-refractivity contribution in [3.05, 3.63) is 81.0 Å². The summed E-state index contributed by atoms with van der Waals surface area (Å²) in [5.74, 6) is 0.0303. The summed E-state index contributed by atoms with van der Waals surface area (Å²) in [6, 6.07) is 18.4. The number of carboxylic acid groups (broad SMARTS) is 1. The van der Waals surface area contributed by atoms with Crippen LogP contribution in [0.4, 0.5) is 0 Å². The van der Waals surface area contributed by atoms with Crippen LogP contribution in [0.15, 0.2) is 60.0 Å². The fourth-order valence-electron chi connectivity index (χ4n) is 3.27. The second kappa shape index (κ2) is 9.45. The molecule has 2 heterocycles. The van der Waals surface area contributed by atoms with Crippen LogP contribution >= 0.6 is 22.7 Å². The Labute approximate surface area is 189 Å². The standard InChI is InChI=1S/C25H23NO3S2/c1-16-3-5-19(6-4-16)25-26-17(2)23(31-25)15-29-20-9-7-18(8-10-20)21-13-14-30-22(21)11-12-24(27)28/h3-10,13-14H,11-12,15H2,1-2H3,(H,27,28). The monoisotopic (exact) mass is 449 g/mol. The molecule has 4 nitrogen and oxygen atoms in total. The van der Waals surface area contributed by atoms with E-state index in [1.165, 1.54) is 5.56 Å². The second-order valence-electron chi connectivity index (χ2n) is 7.36. The number of carboxylic acids is 1. The fourth-order valence-corrected chi connectivity index (χ4v) is 5.16. The number of aromatic nitrogens is 1. The molecular formula is C25H23NO3S2. The third kappa shape index (κ3) is 5.21. The Bertz CT molecular complexity index is 1170. The number of ether oxygens (including phenoxy) is 1. The summed E-state index contributed by atoms with van der Waals surface area (Å²) in [5.41, 5.74) is 5.53. The molecule has 0 spiro atoms. The van der Waals surface area contributed by atoms with Crippen molar-refractivity contribution in [2.24, 2.45) is 0 Å². The third-order valence-corrected chi connectivity index (χ3v) is 7.20. The normalized spacial score (nSPS) is 10.9. The van der Waals surface area contributed by atoms with Crippen LogP contribution in [0.1, 0.15) is 27.4 Å². The minimum absolute atomic E-state index is 0.146. The molecule has 6 heteroatoms. The zero-order valence-electron chi connectivity index (χ0n) is 17.4. The van der Waals surface area contributed by atoms with Crippen LogP contribution in [0.3, 0.4) is 0 Å². The van der Waals surface area contributed by atoms with Crippen molar-refractivity contribution in [1.29, 1.82) is 0 Å². The molecule has 4 rings (SSSR count). The van der Waals surface area contributed by atoms with Crippen LogP contribution in [0.25, 0.3) is 21.7 Å². The van der Waals surface area contributed by atoms with Gasteiger partial charge in [-0.2, -0.15) is 0 Å². The Kier molecular flexibility index (Phi) is 6.49. The third-order valence-electron chi connectivity index (χ3n) is 5.04. The maximum Gasteiger partial charge on any atom is 0.303 e. The van der Waals surface area contributed by atoms with E-state index < -0.39 is 5.97 Å². The van der Waals surface area contributed by atoms with Crippen molar-refractivity contribution in [3.63, 3.8) is 0 Å². The van der Waals surface area contributed by atoms with Gasteiger partial charge in [-0.3, -0.25) is 4.79 Å². The number of aryl methyl sites for hydroxylation is 3. The van der Waals surface area contributed by atoms with Gasteiger partial charge in [-0.1, -0.05) is 42.0 Å². The van der Waals surface area contributed by atoms with Gasteiger partial charge >= 0.3 is 5.97 Å². The van der Waals surface area contributed by atoms with E-state index in [1.54, 1.807) is 22.7 Å². The van der Waals surface area contributed by atoms with Gasteiger partial charge in [-0.05, 0) is 55.0 Å². The van der Waals surface area contributed by atoms with Gasteiger partial charge in [0.15, 0.2) is 0 Å². The number of hydrogen-bond donors (Lipinski definition) is 1. The molecule has 31 heavy (non-hydrogen) atoms. The molecule has 0 saturated carbocycles. The lowest BCUT2D eigenvalue weighted by molar-refractivity contribution is -0.136. The summed E-state index contributed by atoms with van der Waals surface area (Å²) in [6.07, 6.45) is 0.696. The van der Waals surface area contributed by atoms with E-state index >= 15 is 0 Å². The minimum Gasteiger partial charge on any atom is -0.488 e. The van der Waals surface area contributed by atoms with Crippen molar-refractivity contribution >= 4 is 28.6 Å². The van der Waals surface area contributed by atoms with Gasteiger partial charge in [0.25, 0.3) is 0 Å². The summed E-state index contributed by atoms with van der Waals surface area (Å²) in [4.78, 5) is 17.8. The van der Waals surface area contributed by atoms with Crippen molar-refractivity contribution in [2.75, 3.05) is 0 Å². The van der Waals surface area contributed by atoms with Crippen LogP contribution in [-0.2, 0) is 17.8 Å². The first kappa shape index (κ1) is 21.3. The Morgan fingerprint density at radius 1 is 0.968 bits per heavy atom. The first-order valence-electron chi connectivity index (χ1n) is 10.0. The molecule has 0 aliphatic heterocycles. The predicted octanol–water partition coefficient (Wildman–Crippen LogP) is 6.75. The molecule has 0 radical (unpaired) electrons. The molecule has 0 unspecified atom stereocenters. The molecule has 0 aliphatic rings. The van der Waals surface area contributed by atoms with E-state index in [0.717, 1.165) is 42.9 Å². The van der Waals surface area contributed by atoms with Crippen LogP contribution < -0.4 is 4.74 Å². The molecule has 2 aromatic heterocycles. The molecule has 158 valence electrons. The summed E-state index contributed by atoms with van der Waals surface area (Å²) in [5, 5.41) is 12.0. The van der Waals surface area contributed by atoms with E-state index in [2.05, 4.69) is 31.2 Å². The summed E-state index contributed by atoms with van der Waals surface area (Å²) in [7, 11) is 0.